The predicted octanol–water partition coefficient (Wildman–Crippen LogP) is 4.15. The summed E-state index contributed by atoms with van der Waals surface area (Å²) in [6, 6.07) is 0. The maximum atomic E-state index is 3.88. The molecule has 0 saturated heterocycles. The summed E-state index contributed by atoms with van der Waals surface area (Å²) in [7, 11) is 0.786. The first-order valence-corrected chi connectivity index (χ1v) is 5.01. The smallest absolute Gasteiger partial charge is 0.0172 e. The minimum absolute atomic E-state index is 0.322. The summed E-state index contributed by atoms with van der Waals surface area (Å²) in [5.74, 6) is 2.29. The molecule has 0 fully saturated rings. The minimum atomic E-state index is 0.322. The fourth-order valence-corrected chi connectivity index (χ4v) is 1.34. The lowest BCUT2D eigenvalue weighted by Crippen LogP contribution is -2.05. The predicted molar refractivity (Wildman–Crippen MR) is 56.3 cm³/mol. The monoisotopic (exact) mass is 170 g/mol. The molecule has 0 radical (unpaired) electrons. The summed E-state index contributed by atoms with van der Waals surface area (Å²) in [6.07, 6.45) is 0. The number of hydrogen-bond donors (Lipinski definition) is 0. The summed E-state index contributed by atoms with van der Waals surface area (Å²) in [6.45, 7) is 14.9. The van der Waals surface area contributed by atoms with E-state index in [1.54, 1.807) is 0 Å². The summed E-state index contributed by atoms with van der Waals surface area (Å²) >= 11 is 0. The molecular formula is C10H19P. The molecule has 1 heteroatoms. The molecule has 0 aliphatic rings. The van der Waals surface area contributed by atoms with E-state index in [0.29, 0.717) is 5.41 Å². The molecule has 1 atom stereocenters. The normalized spacial score (nSPS) is 14.5. The number of allylic oxidation sites excluding steroid dienone is 2. The van der Waals surface area contributed by atoms with Crippen LogP contribution in [0.15, 0.2) is 23.3 Å². The maximum Gasteiger partial charge on any atom is -0.0172 e. The Morgan fingerprint density at radius 2 is 1.73 bits per heavy atom. The lowest BCUT2D eigenvalue weighted by Gasteiger charge is -2.19. The highest BCUT2D eigenvalue weighted by Crippen LogP contribution is 2.31. The molecule has 0 bridgehead atoms. The van der Waals surface area contributed by atoms with Crippen molar-refractivity contribution in [3.8, 4) is 0 Å². The van der Waals surface area contributed by atoms with Gasteiger partial charge in [0.25, 0.3) is 0 Å². The second-order valence-electron chi connectivity index (χ2n) is 4.00. The third-order valence-electron chi connectivity index (χ3n) is 1.72. The van der Waals surface area contributed by atoms with Crippen LogP contribution in [-0.2, 0) is 0 Å². The molecular weight excluding hydrogens is 151 g/mol. The molecule has 0 rings (SSSR count). The van der Waals surface area contributed by atoms with Crippen molar-refractivity contribution in [2.24, 2.45) is 5.41 Å². The number of rotatable bonds is 2. The molecule has 0 aromatic carbocycles. The maximum absolute atomic E-state index is 3.88. The van der Waals surface area contributed by atoms with Gasteiger partial charge in [-0.3, -0.25) is 0 Å². The highest BCUT2D eigenvalue weighted by molar-refractivity contribution is 7.46. The van der Waals surface area contributed by atoms with Crippen molar-refractivity contribution in [2.75, 3.05) is 0 Å². The molecule has 0 aliphatic carbocycles. The average Bonchev–Trinajstić information content (AvgIpc) is 1.80. The largest absolute Gasteiger partial charge is 0.0956 e. The second kappa shape index (κ2) is 4.07. The summed E-state index contributed by atoms with van der Waals surface area (Å²) in [5.41, 5.74) is 1.78. The zero-order chi connectivity index (χ0) is 9.07. The van der Waals surface area contributed by atoms with Crippen LogP contribution in [-0.4, -0.2) is 0 Å². The highest BCUT2D eigenvalue weighted by Gasteiger charge is 2.11. The van der Waals surface area contributed by atoms with Crippen LogP contribution in [0.3, 0.4) is 0 Å². The van der Waals surface area contributed by atoms with Gasteiger partial charge in [-0.2, -0.15) is 0 Å². The fraction of sp³-hybridized carbons (Fsp3) is 0.600. The van der Waals surface area contributed by atoms with Crippen molar-refractivity contribution in [1.29, 1.82) is 0 Å². The van der Waals surface area contributed by atoms with Crippen LogP contribution in [0.5, 0.6) is 0 Å². The molecule has 0 nitrogen and oxygen atoms in total. The zero-order valence-electron chi connectivity index (χ0n) is 8.28. The van der Waals surface area contributed by atoms with Crippen LogP contribution in [0, 0.1) is 5.41 Å². The van der Waals surface area contributed by atoms with E-state index in [0.717, 1.165) is 8.58 Å². The van der Waals surface area contributed by atoms with E-state index in [4.69, 9.17) is 0 Å². The van der Waals surface area contributed by atoms with Crippen LogP contribution >= 0.6 is 8.58 Å². The van der Waals surface area contributed by atoms with Crippen molar-refractivity contribution in [3.63, 3.8) is 0 Å². The average molecular weight is 170 g/mol. The van der Waals surface area contributed by atoms with Crippen molar-refractivity contribution < 1.29 is 0 Å². The van der Waals surface area contributed by atoms with Crippen molar-refractivity contribution in [2.45, 2.75) is 34.6 Å². The van der Waals surface area contributed by atoms with Crippen LogP contribution in [0.4, 0.5) is 0 Å². The lowest BCUT2D eigenvalue weighted by atomic mass is 9.89. The van der Waals surface area contributed by atoms with Gasteiger partial charge in [0.15, 0.2) is 0 Å². The molecule has 0 amide bonds. The topological polar surface area (TPSA) is 0 Å². The minimum Gasteiger partial charge on any atom is -0.0956 e. The van der Waals surface area contributed by atoms with Gasteiger partial charge in [-0.25, -0.2) is 0 Å². The molecule has 0 aromatic rings. The van der Waals surface area contributed by atoms with Crippen molar-refractivity contribution in [1.82, 2.24) is 0 Å². The summed E-state index contributed by atoms with van der Waals surface area (Å²) in [4.78, 5) is 0. The van der Waals surface area contributed by atoms with E-state index in [9.17, 15) is 0 Å². The number of hydrogen-bond acceptors (Lipinski definition) is 0. The SMILES string of the molecule is C=C(C)P/C=C(\C)C(C)(C)C. The van der Waals surface area contributed by atoms with Crippen molar-refractivity contribution >= 4 is 8.58 Å². The van der Waals surface area contributed by atoms with E-state index in [1.165, 1.54) is 10.9 Å². The van der Waals surface area contributed by atoms with Crippen LogP contribution < -0.4 is 0 Å². The standard InChI is InChI=1S/C10H19P/c1-8(2)11-7-9(3)10(4,5)6/h7,11H,1H2,2-6H3/b9-7+. The highest BCUT2D eigenvalue weighted by atomic mass is 31.1. The molecule has 0 N–H and O–H groups in total. The quantitative estimate of drug-likeness (QED) is 0.546. The molecule has 64 valence electrons. The third kappa shape index (κ3) is 5.21. The Kier molecular flexibility index (Phi) is 4.03. The molecule has 1 unspecified atom stereocenters. The van der Waals surface area contributed by atoms with E-state index in [2.05, 4.69) is 47.0 Å². The van der Waals surface area contributed by atoms with Gasteiger partial charge in [0.2, 0.25) is 0 Å². The molecule has 0 saturated carbocycles. The van der Waals surface area contributed by atoms with Crippen LogP contribution in [0.2, 0.25) is 0 Å². The summed E-state index contributed by atoms with van der Waals surface area (Å²) in [5, 5.41) is 1.26. The fourth-order valence-electron chi connectivity index (χ4n) is 0.448. The Morgan fingerprint density at radius 1 is 1.27 bits per heavy atom. The van der Waals surface area contributed by atoms with Gasteiger partial charge in [0, 0.05) is 0 Å². The first-order chi connectivity index (χ1) is 4.84. The van der Waals surface area contributed by atoms with Crippen molar-refractivity contribution in [3.05, 3.63) is 23.3 Å². The van der Waals surface area contributed by atoms with Gasteiger partial charge in [-0.1, -0.05) is 52.6 Å². The third-order valence-corrected chi connectivity index (χ3v) is 2.79. The zero-order valence-corrected chi connectivity index (χ0v) is 9.28. The van der Waals surface area contributed by atoms with E-state index in [1.807, 2.05) is 0 Å². The Labute approximate surface area is 72.6 Å². The molecule has 0 heterocycles. The lowest BCUT2D eigenvalue weighted by molar-refractivity contribution is 0.505. The molecule has 11 heavy (non-hydrogen) atoms. The van der Waals surface area contributed by atoms with Gasteiger partial charge < -0.3 is 0 Å². The second-order valence-corrected chi connectivity index (χ2v) is 5.43. The Bertz CT molecular complexity index is 170. The summed E-state index contributed by atoms with van der Waals surface area (Å²) < 4.78 is 0. The van der Waals surface area contributed by atoms with Gasteiger partial charge in [0.1, 0.15) is 0 Å². The Hall–Kier alpha value is -0.0900. The Morgan fingerprint density at radius 3 is 2.00 bits per heavy atom. The molecule has 0 aromatic heterocycles. The van der Waals surface area contributed by atoms with Crippen LogP contribution in [0.25, 0.3) is 0 Å². The van der Waals surface area contributed by atoms with E-state index in [-0.39, 0.29) is 0 Å². The van der Waals surface area contributed by atoms with E-state index >= 15 is 0 Å². The van der Waals surface area contributed by atoms with Gasteiger partial charge in [0.05, 0.1) is 0 Å². The van der Waals surface area contributed by atoms with Gasteiger partial charge in [-0.05, 0) is 19.3 Å². The molecule has 0 aliphatic heterocycles. The van der Waals surface area contributed by atoms with Crippen LogP contribution in [0.1, 0.15) is 34.6 Å². The van der Waals surface area contributed by atoms with E-state index < -0.39 is 0 Å². The Balaban J connectivity index is 4.12. The van der Waals surface area contributed by atoms with Gasteiger partial charge >= 0.3 is 0 Å². The van der Waals surface area contributed by atoms with Gasteiger partial charge in [-0.15, -0.1) is 0 Å². The molecule has 0 spiro atoms. The first kappa shape index (κ1) is 10.9. The first-order valence-electron chi connectivity index (χ1n) is 3.93.